The molecule has 0 aromatic heterocycles. The fraction of sp³-hybridized carbons (Fsp3) is 0.843. The van der Waals surface area contributed by atoms with Crippen molar-refractivity contribution >= 4 is 65.0 Å². The third-order valence-corrected chi connectivity index (χ3v) is 18.3. The number of nitrogens with one attached hydrogen (secondary N) is 11. The summed E-state index contributed by atoms with van der Waals surface area (Å²) in [4.78, 5) is 141. The van der Waals surface area contributed by atoms with Crippen LogP contribution in [0.5, 0.6) is 0 Å². The summed E-state index contributed by atoms with van der Waals surface area (Å²) in [6.07, 6.45) is -9.29. The second-order valence-corrected chi connectivity index (χ2v) is 27.4. The van der Waals surface area contributed by atoms with Crippen LogP contribution >= 0.6 is 0 Å². The number of hydrogen-bond acceptors (Lipinski definition) is 27. The first-order valence-corrected chi connectivity index (χ1v) is 37.9. The third kappa shape index (κ3) is 38.9. The van der Waals surface area contributed by atoms with E-state index in [2.05, 4.69) is 58.5 Å². The Bertz CT molecular complexity index is 2440. The predicted molar refractivity (Wildman–Crippen MR) is 383 cm³/mol. The number of ether oxygens (including phenoxy) is 7. The molecule has 3 aliphatic rings. The van der Waals surface area contributed by atoms with Gasteiger partial charge < -0.3 is 138 Å². The molecule has 0 radical (unpaired) electrons. The number of hydrogen-bond donors (Lipinski definition) is 20. The smallest absolute Gasteiger partial charge is 0.220 e. The Balaban J connectivity index is 1.62. The average Bonchev–Trinajstić information content (AvgIpc) is 0.821. The summed E-state index contributed by atoms with van der Waals surface area (Å²) in [5.74, 6) is -4.37. The fourth-order valence-corrected chi connectivity index (χ4v) is 12.2. The third-order valence-electron chi connectivity index (χ3n) is 18.3. The largest absolute Gasteiger partial charge is 0.394 e. The quantitative estimate of drug-likeness (QED) is 0.0253. The van der Waals surface area contributed by atoms with E-state index in [1.165, 1.54) is 20.8 Å². The minimum Gasteiger partial charge on any atom is -0.394 e. The number of aliphatic hydroxyl groups excluding tert-OH is 9. The van der Waals surface area contributed by atoms with Gasteiger partial charge in [0, 0.05) is 157 Å². The van der Waals surface area contributed by atoms with E-state index in [4.69, 9.17) is 33.2 Å². The zero-order chi connectivity index (χ0) is 79.8. The van der Waals surface area contributed by atoms with Crippen molar-refractivity contribution in [1.29, 1.82) is 0 Å². The van der Waals surface area contributed by atoms with E-state index in [0.29, 0.717) is 70.9 Å². The van der Waals surface area contributed by atoms with Gasteiger partial charge in [0.1, 0.15) is 73.1 Å². The number of carbonyl (C=O) groups is 11. The van der Waals surface area contributed by atoms with Crippen molar-refractivity contribution in [3.63, 3.8) is 0 Å². The summed E-state index contributed by atoms with van der Waals surface area (Å²) >= 11 is 0. The number of rotatable bonds is 57. The van der Waals surface area contributed by atoms with E-state index >= 15 is 0 Å². The van der Waals surface area contributed by atoms with E-state index in [-0.39, 0.29) is 160 Å². The highest BCUT2D eigenvalue weighted by Crippen LogP contribution is 2.29. The number of methoxy groups -OCH3 is 1. The van der Waals surface area contributed by atoms with Gasteiger partial charge in [0.15, 0.2) is 18.9 Å². The van der Waals surface area contributed by atoms with Gasteiger partial charge in [-0.2, -0.15) is 0 Å². The zero-order valence-corrected chi connectivity index (χ0v) is 63.1. The second-order valence-electron chi connectivity index (χ2n) is 27.4. The number of aliphatic hydroxyl groups is 9. The van der Waals surface area contributed by atoms with Crippen molar-refractivity contribution in [2.75, 3.05) is 99.2 Å². The monoisotopic (exact) mass is 1550 g/mol. The predicted octanol–water partition coefficient (Wildman–Crippen LogP) is -5.07. The molecule has 108 heavy (non-hydrogen) atoms. The number of unbranched alkanes of at least 4 members (excludes halogenated alkanes) is 6. The highest BCUT2D eigenvalue weighted by Gasteiger charge is 2.48. The molecule has 0 aromatic carbocycles. The van der Waals surface area contributed by atoms with Gasteiger partial charge in [0.25, 0.3) is 0 Å². The minimum atomic E-state index is -1.48. The van der Waals surface area contributed by atoms with Crippen LogP contribution in [0.3, 0.4) is 0 Å². The van der Waals surface area contributed by atoms with Gasteiger partial charge in [-0.3, -0.25) is 52.7 Å². The first kappa shape index (κ1) is 95.7. The molecule has 3 heterocycles. The molecule has 3 saturated heterocycles. The molecule has 38 nitrogen and oxygen atoms in total. The molecular weight excluding hydrogens is 1430 g/mol. The van der Waals surface area contributed by atoms with Gasteiger partial charge in [-0.25, -0.2) is 0 Å². The van der Waals surface area contributed by atoms with Crippen LogP contribution in [0.25, 0.3) is 0 Å². The van der Waals surface area contributed by atoms with Crippen LogP contribution in [0.15, 0.2) is 0 Å². The Hall–Kier alpha value is -6.47. The molecule has 0 aromatic rings. The summed E-state index contributed by atoms with van der Waals surface area (Å²) in [7, 11) is 1.63. The molecular formula is C70H125N11O27. The minimum absolute atomic E-state index is 0.0368. The van der Waals surface area contributed by atoms with E-state index in [1.54, 1.807) is 7.11 Å². The Morgan fingerprint density at radius 1 is 0.315 bits per heavy atom. The maximum Gasteiger partial charge on any atom is 0.220 e. The molecule has 20 N–H and O–H groups in total. The SMILES string of the molecule is COCCCCCCNC(=O)CCCC(=O)NC(CCC(=O)NCCCNC(=O)CCCCO[C@@H]1OC(CO)[C@H](O)[C@H](O)C1NC(C)=O)(CCC(=O)NCCCNC(=O)CCCCO[C@@H]1OC(CO)[C@H](O)[C@H](O)C1NC(C)=O)CCC(=O)NCCCNC(=O)CCCCO[C@@H]1OC(CO)[C@H](O)[C@H](O)C1NC(C)=O. The first-order valence-electron chi connectivity index (χ1n) is 37.9. The second kappa shape index (κ2) is 55.0. The molecule has 15 atom stereocenters. The van der Waals surface area contributed by atoms with Crippen molar-refractivity contribution in [2.45, 2.75) is 279 Å². The number of amides is 11. The standard InChI is InChI=1S/C70H125N11O27/c1-44(85)78-58-64(99)61(96)47(41-82)106-67(58)103-38-12-7-19-50(88)72-31-16-34-75-54(92)24-27-70(81-57(95)23-15-22-53(91)71-30-10-5-6-11-37-102-4,28-25-55(93)76-35-17-32-73-51(89)20-8-13-39-104-68-59(79-45(2)86)65(100)62(97)48(42-83)107-68)29-26-56(94)77-36-18-33-74-52(90)21-9-14-40-105-69-60(80-46(3)87)66(101)63(98)49(43-84)108-69/h47-49,58-69,82-84,96-101H,5-43H2,1-4H3,(H,71,91)(H,72,88)(H,73,89)(H,74,90)(H,75,92)(H,76,93)(H,77,94)(H,78,85)(H,79,86)(H,80,87)(H,81,95)/t47?,48?,49?,58?,59?,60?,61-,62-,63-,64+,65+,66+,67+,68+,69+,70?/m0/s1. The highest BCUT2D eigenvalue weighted by molar-refractivity contribution is 5.82. The first-order chi connectivity index (χ1) is 51.7. The van der Waals surface area contributed by atoms with Crippen LogP contribution in [0.1, 0.15) is 181 Å². The van der Waals surface area contributed by atoms with Crippen molar-refractivity contribution in [2.24, 2.45) is 0 Å². The van der Waals surface area contributed by atoms with Gasteiger partial charge in [-0.1, -0.05) is 12.8 Å². The van der Waals surface area contributed by atoms with Crippen LogP contribution in [0.2, 0.25) is 0 Å². The lowest BCUT2D eigenvalue weighted by atomic mass is 9.82. The van der Waals surface area contributed by atoms with Crippen LogP contribution in [0.4, 0.5) is 0 Å². The van der Waals surface area contributed by atoms with Crippen molar-refractivity contribution in [3.05, 3.63) is 0 Å². The average molecular weight is 1550 g/mol. The molecule has 622 valence electrons. The summed E-state index contributed by atoms with van der Waals surface area (Å²) in [6, 6.07) is -3.33. The summed E-state index contributed by atoms with van der Waals surface area (Å²) < 4.78 is 39.0. The Morgan fingerprint density at radius 3 is 0.861 bits per heavy atom. The van der Waals surface area contributed by atoms with Gasteiger partial charge in [-0.05, 0) is 96.3 Å². The molecule has 0 bridgehead atoms. The topological polar surface area (TPSA) is 567 Å². The normalized spacial score (nSPS) is 24.5. The Labute approximate surface area is 631 Å². The summed E-state index contributed by atoms with van der Waals surface area (Å²) in [5.41, 5.74) is -1.34. The lowest BCUT2D eigenvalue weighted by molar-refractivity contribution is -0.270. The van der Waals surface area contributed by atoms with Crippen molar-refractivity contribution in [1.82, 2.24) is 58.5 Å². The molecule has 38 heteroatoms. The van der Waals surface area contributed by atoms with E-state index < -0.39 is 159 Å². The van der Waals surface area contributed by atoms with E-state index in [0.717, 1.165) is 25.7 Å². The van der Waals surface area contributed by atoms with Crippen molar-refractivity contribution < 1.29 is 132 Å². The van der Waals surface area contributed by atoms with E-state index in [9.17, 15) is 98.7 Å². The molecule has 0 spiro atoms. The summed E-state index contributed by atoms with van der Waals surface area (Å²) in [5, 5.41) is 121. The molecule has 0 saturated carbocycles. The summed E-state index contributed by atoms with van der Waals surface area (Å²) in [6.45, 7) is 4.13. The van der Waals surface area contributed by atoms with E-state index in [1.807, 2.05) is 0 Å². The Kier molecular flexibility index (Phi) is 48.8. The molecule has 3 fully saturated rings. The lowest BCUT2D eigenvalue weighted by Gasteiger charge is -2.42. The van der Waals surface area contributed by atoms with Gasteiger partial charge >= 0.3 is 0 Å². The van der Waals surface area contributed by atoms with Crippen LogP contribution in [0, 0.1) is 0 Å². The van der Waals surface area contributed by atoms with Gasteiger partial charge in [0.2, 0.25) is 65.0 Å². The molecule has 0 aliphatic carbocycles. The maximum atomic E-state index is 14.0. The highest BCUT2D eigenvalue weighted by atomic mass is 16.7. The Morgan fingerprint density at radius 2 is 0.574 bits per heavy atom. The molecule has 3 aliphatic heterocycles. The van der Waals surface area contributed by atoms with Gasteiger partial charge in [-0.15, -0.1) is 0 Å². The maximum absolute atomic E-state index is 14.0. The fourth-order valence-electron chi connectivity index (χ4n) is 12.2. The lowest BCUT2D eigenvalue weighted by Crippen LogP contribution is -2.64. The zero-order valence-electron chi connectivity index (χ0n) is 63.1. The number of carbonyl (C=O) groups excluding carboxylic acids is 11. The van der Waals surface area contributed by atoms with Crippen LogP contribution in [-0.4, -0.2) is 308 Å². The molecule has 6 unspecified atom stereocenters. The molecule has 3 rings (SSSR count). The van der Waals surface area contributed by atoms with Crippen LogP contribution in [-0.2, 0) is 85.9 Å². The van der Waals surface area contributed by atoms with Crippen molar-refractivity contribution in [3.8, 4) is 0 Å². The van der Waals surface area contributed by atoms with Crippen LogP contribution < -0.4 is 58.5 Å². The molecule has 11 amide bonds. The van der Waals surface area contributed by atoms with Gasteiger partial charge in [0.05, 0.1) is 19.8 Å².